The molecule has 1 N–H and O–H groups in total. The van der Waals surface area contributed by atoms with E-state index in [0.717, 1.165) is 5.56 Å². The maximum absolute atomic E-state index is 12.5. The SMILES string of the molecule is C=C(c1ccccc1)[C@@H]1CC(C(=O)OCC)(C(=O)OCC)C[C@H]1O. The van der Waals surface area contributed by atoms with Gasteiger partial charge in [-0.1, -0.05) is 36.9 Å². The van der Waals surface area contributed by atoms with Crippen molar-refractivity contribution in [1.29, 1.82) is 0 Å². The lowest BCUT2D eigenvalue weighted by atomic mass is 9.83. The number of carbonyl (C=O) groups excluding carboxylic acids is 2. The predicted octanol–water partition coefficient (Wildman–Crippen LogP) is 2.58. The Hall–Kier alpha value is -2.14. The van der Waals surface area contributed by atoms with Gasteiger partial charge >= 0.3 is 11.9 Å². The summed E-state index contributed by atoms with van der Waals surface area (Å²) in [6.07, 6.45) is -0.729. The summed E-state index contributed by atoms with van der Waals surface area (Å²) in [7, 11) is 0. The number of esters is 2. The molecule has 0 amide bonds. The van der Waals surface area contributed by atoms with E-state index in [1.54, 1.807) is 13.8 Å². The molecule has 1 saturated carbocycles. The van der Waals surface area contributed by atoms with E-state index in [1.807, 2.05) is 30.3 Å². The van der Waals surface area contributed by atoms with Crippen molar-refractivity contribution in [2.24, 2.45) is 11.3 Å². The Labute approximate surface area is 142 Å². The Morgan fingerprint density at radius 3 is 2.17 bits per heavy atom. The van der Waals surface area contributed by atoms with Crippen molar-refractivity contribution in [1.82, 2.24) is 0 Å². The first-order valence-corrected chi connectivity index (χ1v) is 8.23. The number of benzene rings is 1. The van der Waals surface area contributed by atoms with Gasteiger partial charge in [0.25, 0.3) is 0 Å². The number of rotatable bonds is 6. The van der Waals surface area contributed by atoms with Crippen LogP contribution in [0.15, 0.2) is 36.9 Å². The number of hydrogen-bond acceptors (Lipinski definition) is 5. The van der Waals surface area contributed by atoms with Crippen molar-refractivity contribution >= 4 is 17.5 Å². The van der Waals surface area contributed by atoms with Crippen molar-refractivity contribution in [3.8, 4) is 0 Å². The molecule has 1 aliphatic carbocycles. The van der Waals surface area contributed by atoms with E-state index < -0.39 is 29.4 Å². The highest BCUT2D eigenvalue weighted by Gasteiger charge is 2.57. The van der Waals surface area contributed by atoms with Crippen LogP contribution in [0.2, 0.25) is 0 Å². The molecule has 130 valence electrons. The molecule has 2 rings (SSSR count). The van der Waals surface area contributed by atoms with Gasteiger partial charge in [0.05, 0.1) is 19.3 Å². The van der Waals surface area contributed by atoms with E-state index in [1.165, 1.54) is 0 Å². The summed E-state index contributed by atoms with van der Waals surface area (Å²) < 4.78 is 10.2. The molecule has 1 fully saturated rings. The van der Waals surface area contributed by atoms with E-state index in [-0.39, 0.29) is 26.1 Å². The number of ether oxygens (including phenoxy) is 2. The molecule has 1 aromatic carbocycles. The standard InChI is InChI=1S/C19H24O5/c1-4-23-17(21)19(18(22)24-5-2)11-15(16(20)12-19)13(3)14-9-7-6-8-10-14/h6-10,15-16,20H,3-5,11-12H2,1-2H3/t15-,16+/m0/s1. The fourth-order valence-electron chi connectivity index (χ4n) is 3.27. The van der Waals surface area contributed by atoms with Gasteiger partial charge in [-0.3, -0.25) is 9.59 Å². The van der Waals surface area contributed by atoms with Gasteiger partial charge in [0.1, 0.15) is 0 Å². The molecule has 1 aliphatic rings. The zero-order chi connectivity index (χ0) is 17.7. The fourth-order valence-corrected chi connectivity index (χ4v) is 3.27. The van der Waals surface area contributed by atoms with Crippen LogP contribution in [0.4, 0.5) is 0 Å². The van der Waals surface area contributed by atoms with Crippen LogP contribution in [0.3, 0.4) is 0 Å². The van der Waals surface area contributed by atoms with Crippen LogP contribution in [0.1, 0.15) is 32.3 Å². The molecule has 0 spiro atoms. The molecule has 5 nitrogen and oxygen atoms in total. The minimum Gasteiger partial charge on any atom is -0.465 e. The molecule has 0 radical (unpaired) electrons. The molecule has 5 heteroatoms. The number of hydrogen-bond donors (Lipinski definition) is 1. The molecule has 0 heterocycles. The first-order valence-electron chi connectivity index (χ1n) is 8.23. The molecule has 0 saturated heterocycles. The number of aliphatic hydroxyl groups is 1. The second-order valence-electron chi connectivity index (χ2n) is 6.00. The van der Waals surface area contributed by atoms with E-state index in [9.17, 15) is 14.7 Å². The third-order valence-electron chi connectivity index (χ3n) is 4.51. The van der Waals surface area contributed by atoms with E-state index >= 15 is 0 Å². The van der Waals surface area contributed by atoms with Gasteiger partial charge < -0.3 is 14.6 Å². The Kier molecular flexibility index (Phi) is 5.78. The summed E-state index contributed by atoms with van der Waals surface area (Å²) in [5, 5.41) is 10.5. The van der Waals surface area contributed by atoms with Crippen molar-refractivity contribution in [3.05, 3.63) is 42.5 Å². The van der Waals surface area contributed by atoms with E-state index in [2.05, 4.69) is 6.58 Å². The highest BCUT2D eigenvalue weighted by Crippen LogP contribution is 2.48. The largest absolute Gasteiger partial charge is 0.465 e. The van der Waals surface area contributed by atoms with Gasteiger partial charge in [-0.05, 0) is 31.4 Å². The maximum Gasteiger partial charge on any atom is 0.323 e. The lowest BCUT2D eigenvalue weighted by Gasteiger charge is -2.24. The van der Waals surface area contributed by atoms with Crippen LogP contribution >= 0.6 is 0 Å². The minimum absolute atomic E-state index is 0.0127. The number of carbonyl (C=O) groups is 2. The summed E-state index contributed by atoms with van der Waals surface area (Å²) in [4.78, 5) is 24.9. The van der Waals surface area contributed by atoms with Crippen LogP contribution in [0, 0.1) is 11.3 Å². The van der Waals surface area contributed by atoms with Crippen LogP contribution in [0.25, 0.3) is 5.57 Å². The smallest absolute Gasteiger partial charge is 0.323 e. The second kappa shape index (κ2) is 7.62. The highest BCUT2D eigenvalue weighted by atomic mass is 16.6. The van der Waals surface area contributed by atoms with Gasteiger partial charge in [0.2, 0.25) is 0 Å². The van der Waals surface area contributed by atoms with Crippen LogP contribution in [-0.2, 0) is 19.1 Å². The van der Waals surface area contributed by atoms with Gasteiger partial charge in [-0.15, -0.1) is 0 Å². The molecule has 0 unspecified atom stereocenters. The van der Waals surface area contributed by atoms with Crippen molar-refractivity contribution in [2.45, 2.75) is 32.8 Å². The normalized spacial score (nSPS) is 22.0. The fraction of sp³-hybridized carbons (Fsp3) is 0.474. The molecule has 0 aromatic heterocycles. The molecule has 0 aliphatic heterocycles. The van der Waals surface area contributed by atoms with Crippen LogP contribution < -0.4 is 0 Å². The van der Waals surface area contributed by atoms with Gasteiger partial charge in [-0.25, -0.2) is 0 Å². The summed E-state index contributed by atoms with van der Waals surface area (Å²) >= 11 is 0. The summed E-state index contributed by atoms with van der Waals surface area (Å²) in [5.74, 6) is -1.67. The lowest BCUT2D eigenvalue weighted by Crippen LogP contribution is -2.40. The molecule has 2 atom stereocenters. The molecular weight excluding hydrogens is 308 g/mol. The average molecular weight is 332 g/mol. The first-order chi connectivity index (χ1) is 11.5. The summed E-state index contributed by atoms with van der Waals surface area (Å²) in [6, 6.07) is 9.44. The van der Waals surface area contributed by atoms with Crippen molar-refractivity contribution < 1.29 is 24.2 Å². The Bertz CT molecular complexity index is 589. The first kappa shape index (κ1) is 18.2. The molecule has 24 heavy (non-hydrogen) atoms. The van der Waals surface area contributed by atoms with Gasteiger partial charge in [0.15, 0.2) is 5.41 Å². The van der Waals surface area contributed by atoms with Crippen LogP contribution in [0.5, 0.6) is 0 Å². The van der Waals surface area contributed by atoms with Gasteiger partial charge in [-0.2, -0.15) is 0 Å². The minimum atomic E-state index is -1.46. The topological polar surface area (TPSA) is 72.8 Å². The zero-order valence-corrected chi connectivity index (χ0v) is 14.2. The predicted molar refractivity (Wildman–Crippen MR) is 89.9 cm³/mol. The summed E-state index contributed by atoms with van der Waals surface area (Å²) in [5.41, 5.74) is 0.122. The Morgan fingerprint density at radius 1 is 1.12 bits per heavy atom. The molecular formula is C19H24O5. The molecule has 1 aromatic rings. The monoisotopic (exact) mass is 332 g/mol. The lowest BCUT2D eigenvalue weighted by molar-refractivity contribution is -0.172. The third-order valence-corrected chi connectivity index (χ3v) is 4.51. The number of aliphatic hydroxyl groups excluding tert-OH is 1. The van der Waals surface area contributed by atoms with Crippen LogP contribution in [-0.4, -0.2) is 36.4 Å². The zero-order valence-electron chi connectivity index (χ0n) is 14.2. The second-order valence-corrected chi connectivity index (χ2v) is 6.00. The van der Waals surface area contributed by atoms with Crippen molar-refractivity contribution in [3.63, 3.8) is 0 Å². The van der Waals surface area contributed by atoms with Crippen molar-refractivity contribution in [2.75, 3.05) is 13.2 Å². The summed E-state index contributed by atoms with van der Waals surface area (Å²) in [6.45, 7) is 7.77. The Balaban J connectivity index is 2.30. The van der Waals surface area contributed by atoms with Gasteiger partial charge in [0, 0.05) is 12.3 Å². The molecule has 0 bridgehead atoms. The quantitative estimate of drug-likeness (QED) is 0.640. The average Bonchev–Trinajstić information content (AvgIpc) is 2.94. The highest BCUT2D eigenvalue weighted by molar-refractivity contribution is 6.01. The Morgan fingerprint density at radius 2 is 1.67 bits per heavy atom. The third kappa shape index (κ3) is 3.36. The maximum atomic E-state index is 12.5. The van der Waals surface area contributed by atoms with E-state index in [4.69, 9.17) is 9.47 Å². The van der Waals surface area contributed by atoms with E-state index in [0.29, 0.717) is 5.57 Å².